The molecular weight excluding hydrogens is 492 g/mol. The van der Waals surface area contributed by atoms with Crippen LogP contribution >= 0.6 is 0 Å². The Hall–Kier alpha value is -3.15. The number of piperidine rings is 1. The predicted octanol–water partition coefficient (Wildman–Crippen LogP) is 2.43. The van der Waals surface area contributed by atoms with Crippen molar-refractivity contribution in [1.82, 2.24) is 34.7 Å². The summed E-state index contributed by atoms with van der Waals surface area (Å²) in [6, 6.07) is 0.985. The van der Waals surface area contributed by atoms with Gasteiger partial charge in [0.1, 0.15) is 16.9 Å². The molecule has 0 bridgehead atoms. The van der Waals surface area contributed by atoms with E-state index in [0.29, 0.717) is 23.4 Å². The van der Waals surface area contributed by atoms with Crippen LogP contribution in [0, 0.1) is 0 Å². The van der Waals surface area contributed by atoms with E-state index in [9.17, 15) is 0 Å². The Labute approximate surface area is 230 Å². The summed E-state index contributed by atoms with van der Waals surface area (Å²) in [4.78, 5) is 31.3. The van der Waals surface area contributed by atoms with Gasteiger partial charge in [-0.1, -0.05) is 6.92 Å². The molecule has 3 aliphatic rings. The Bertz CT molecular complexity index is 1260. The number of nitrogens with zero attached hydrogens (tertiary/aromatic N) is 8. The summed E-state index contributed by atoms with van der Waals surface area (Å²) in [6.45, 7) is 10.2. The zero-order valence-electron chi connectivity index (χ0n) is 23.1. The van der Waals surface area contributed by atoms with Crippen molar-refractivity contribution in [2.45, 2.75) is 51.1 Å². The molecule has 3 aromatic rings. The molecule has 3 aliphatic heterocycles. The fourth-order valence-corrected chi connectivity index (χ4v) is 5.94. The Morgan fingerprint density at radius 1 is 0.897 bits per heavy atom. The van der Waals surface area contributed by atoms with Gasteiger partial charge >= 0.3 is 0 Å². The number of fused-ring (bicyclic) bond motifs is 1. The molecule has 0 unspecified atom stereocenters. The minimum absolute atomic E-state index is 0.321. The van der Waals surface area contributed by atoms with E-state index in [-0.39, 0.29) is 0 Å². The molecule has 208 valence electrons. The summed E-state index contributed by atoms with van der Waals surface area (Å²) in [7, 11) is 2.21. The molecule has 0 aromatic carbocycles. The second-order valence-electron chi connectivity index (χ2n) is 11.0. The third-order valence-corrected chi connectivity index (χ3v) is 8.45. The van der Waals surface area contributed by atoms with Crippen LogP contribution in [-0.2, 0) is 11.2 Å². The molecule has 0 spiro atoms. The number of hydrogen-bond donors (Lipinski definition) is 2. The maximum atomic E-state index is 6.26. The highest BCUT2D eigenvalue weighted by Crippen LogP contribution is 2.31. The smallest absolute Gasteiger partial charge is 0.225 e. The van der Waals surface area contributed by atoms with E-state index < -0.39 is 0 Å². The molecule has 11 heteroatoms. The molecular formula is C28H40N10O. The van der Waals surface area contributed by atoms with Crippen LogP contribution in [0.4, 0.5) is 17.6 Å². The zero-order chi connectivity index (χ0) is 26.8. The largest absolute Gasteiger partial charge is 0.382 e. The SMILES string of the molecule is CCc1nc2c(N)ncc(-c3cnc(N4CCC(N5CCN(C)CC5)CC4)nc3)c2nc1NC1CCOCC1. The van der Waals surface area contributed by atoms with E-state index in [2.05, 4.69) is 39.0 Å². The lowest BCUT2D eigenvalue weighted by atomic mass is 10.0. The number of ether oxygens (including phenoxy) is 1. The minimum Gasteiger partial charge on any atom is -0.382 e. The molecule has 6 rings (SSSR count). The summed E-state index contributed by atoms with van der Waals surface area (Å²) < 4.78 is 5.52. The van der Waals surface area contributed by atoms with Gasteiger partial charge in [-0.2, -0.15) is 0 Å². The molecule has 3 fully saturated rings. The van der Waals surface area contributed by atoms with Crippen molar-refractivity contribution in [3.8, 4) is 11.1 Å². The van der Waals surface area contributed by atoms with Crippen LogP contribution in [0.2, 0.25) is 0 Å². The number of nitrogens with one attached hydrogen (secondary N) is 1. The summed E-state index contributed by atoms with van der Waals surface area (Å²) in [5.74, 6) is 1.98. The van der Waals surface area contributed by atoms with E-state index in [1.165, 1.54) is 13.1 Å². The van der Waals surface area contributed by atoms with Gasteiger partial charge in [-0.05, 0) is 39.2 Å². The fraction of sp³-hybridized carbons (Fsp3) is 0.607. The van der Waals surface area contributed by atoms with E-state index in [1.807, 2.05) is 12.4 Å². The first kappa shape index (κ1) is 26.1. The third kappa shape index (κ3) is 5.61. The van der Waals surface area contributed by atoms with Crippen molar-refractivity contribution in [1.29, 1.82) is 0 Å². The number of aryl methyl sites for hydroxylation is 1. The summed E-state index contributed by atoms with van der Waals surface area (Å²) in [5, 5.41) is 3.61. The number of rotatable bonds is 6. The minimum atomic E-state index is 0.321. The van der Waals surface area contributed by atoms with Crippen molar-refractivity contribution in [3.05, 3.63) is 24.3 Å². The highest BCUT2D eigenvalue weighted by atomic mass is 16.5. The molecule has 3 N–H and O–H groups in total. The van der Waals surface area contributed by atoms with Gasteiger partial charge in [0.05, 0.1) is 5.69 Å². The number of piperazine rings is 1. The topological polar surface area (TPSA) is 121 Å². The average molecular weight is 533 g/mol. The lowest BCUT2D eigenvalue weighted by Gasteiger charge is -2.42. The molecule has 0 amide bonds. The van der Waals surface area contributed by atoms with Gasteiger partial charge in [0.25, 0.3) is 0 Å². The number of nitrogens with two attached hydrogens (primary N) is 1. The number of pyridine rings is 1. The molecule has 3 saturated heterocycles. The van der Waals surface area contributed by atoms with Gasteiger partial charge in [-0.25, -0.2) is 24.9 Å². The molecule has 11 nitrogen and oxygen atoms in total. The Morgan fingerprint density at radius 3 is 2.31 bits per heavy atom. The van der Waals surface area contributed by atoms with Crippen molar-refractivity contribution >= 4 is 28.6 Å². The lowest BCUT2D eigenvalue weighted by Crippen LogP contribution is -2.52. The zero-order valence-corrected chi connectivity index (χ0v) is 23.1. The normalized spacial score (nSPS) is 20.5. The second-order valence-corrected chi connectivity index (χ2v) is 11.0. The van der Waals surface area contributed by atoms with Crippen LogP contribution in [0.25, 0.3) is 22.2 Å². The monoisotopic (exact) mass is 532 g/mol. The van der Waals surface area contributed by atoms with E-state index in [4.69, 9.17) is 30.4 Å². The van der Waals surface area contributed by atoms with Gasteiger partial charge in [0, 0.05) is 94.3 Å². The summed E-state index contributed by atoms with van der Waals surface area (Å²) >= 11 is 0. The molecule has 0 atom stereocenters. The number of anilines is 3. The molecule has 0 radical (unpaired) electrons. The Morgan fingerprint density at radius 2 is 1.62 bits per heavy atom. The first-order valence-corrected chi connectivity index (χ1v) is 14.4. The predicted molar refractivity (Wildman–Crippen MR) is 154 cm³/mol. The quantitative estimate of drug-likeness (QED) is 0.487. The average Bonchev–Trinajstić information content (AvgIpc) is 2.98. The molecule has 39 heavy (non-hydrogen) atoms. The Balaban J connectivity index is 1.20. The fourth-order valence-electron chi connectivity index (χ4n) is 5.94. The first-order valence-electron chi connectivity index (χ1n) is 14.4. The lowest BCUT2D eigenvalue weighted by molar-refractivity contribution is 0.0903. The molecule has 0 saturated carbocycles. The van der Waals surface area contributed by atoms with Crippen LogP contribution < -0.4 is 16.0 Å². The number of nitrogen functional groups attached to an aromatic ring is 1. The van der Waals surface area contributed by atoms with E-state index in [0.717, 1.165) is 106 Å². The van der Waals surface area contributed by atoms with E-state index >= 15 is 0 Å². The van der Waals surface area contributed by atoms with Gasteiger partial charge < -0.3 is 25.6 Å². The van der Waals surface area contributed by atoms with Crippen LogP contribution in [0.5, 0.6) is 0 Å². The molecule has 0 aliphatic carbocycles. The van der Waals surface area contributed by atoms with Crippen LogP contribution in [0.15, 0.2) is 18.6 Å². The van der Waals surface area contributed by atoms with Crippen LogP contribution in [0.3, 0.4) is 0 Å². The van der Waals surface area contributed by atoms with E-state index in [1.54, 1.807) is 6.20 Å². The maximum Gasteiger partial charge on any atom is 0.225 e. The van der Waals surface area contributed by atoms with Crippen molar-refractivity contribution < 1.29 is 4.74 Å². The number of likely N-dealkylation sites (N-methyl/N-ethyl adjacent to an activating group) is 1. The third-order valence-electron chi connectivity index (χ3n) is 8.45. The van der Waals surface area contributed by atoms with Crippen molar-refractivity contribution in [2.24, 2.45) is 0 Å². The summed E-state index contributed by atoms with van der Waals surface area (Å²) in [5.41, 5.74) is 10.2. The van der Waals surface area contributed by atoms with Crippen molar-refractivity contribution in [3.63, 3.8) is 0 Å². The van der Waals surface area contributed by atoms with Crippen LogP contribution in [0.1, 0.15) is 38.3 Å². The second kappa shape index (κ2) is 11.5. The van der Waals surface area contributed by atoms with Gasteiger partial charge in [-0.3, -0.25) is 4.90 Å². The van der Waals surface area contributed by atoms with Gasteiger partial charge in [0.15, 0.2) is 5.82 Å². The van der Waals surface area contributed by atoms with Crippen molar-refractivity contribution in [2.75, 3.05) is 75.5 Å². The standard InChI is InChI=1S/C28H40N10O/c1-3-23-27(33-20-6-14-39-15-7-20)35-24-22(18-30-26(29)25(24)34-23)19-16-31-28(32-17-19)38-8-4-21(5-9-38)37-12-10-36(2)11-13-37/h16-18,20-21H,3-15H2,1-2H3,(H2,29,30)(H,33,35). The van der Waals surface area contributed by atoms with Gasteiger partial charge in [-0.15, -0.1) is 0 Å². The van der Waals surface area contributed by atoms with Gasteiger partial charge in [0.2, 0.25) is 5.95 Å². The van der Waals surface area contributed by atoms with Crippen LogP contribution in [-0.4, -0.2) is 106 Å². The first-order chi connectivity index (χ1) is 19.1. The highest BCUT2D eigenvalue weighted by molar-refractivity contribution is 5.96. The molecule has 6 heterocycles. The molecule has 3 aromatic heterocycles. The summed E-state index contributed by atoms with van der Waals surface area (Å²) in [6.07, 6.45) is 10.5. The highest BCUT2D eigenvalue weighted by Gasteiger charge is 2.27. The number of hydrogen-bond acceptors (Lipinski definition) is 11. The maximum absolute atomic E-state index is 6.26. The number of aromatic nitrogens is 5. The Kier molecular flexibility index (Phi) is 7.71.